The standard InChI is InChI=1S/C22H18N4O/c27-22(25-13-7-16-4-3-10-24-15-16)19-14-21(17-8-11-23-12-9-17)26-20-6-2-1-5-18(19)20/h1-6,8-12,14-15H,7,13H2,(H,25,27). The number of fused-ring (bicyclic) bond motifs is 1. The minimum Gasteiger partial charge on any atom is -0.352 e. The zero-order valence-corrected chi connectivity index (χ0v) is 14.7. The van der Waals surface area contributed by atoms with Crippen molar-refractivity contribution in [3.8, 4) is 11.3 Å². The van der Waals surface area contributed by atoms with E-state index in [1.807, 2.05) is 60.8 Å². The molecule has 4 aromatic rings. The first-order chi connectivity index (χ1) is 13.3. The van der Waals surface area contributed by atoms with Crippen molar-refractivity contribution in [3.63, 3.8) is 0 Å². The molecule has 3 heterocycles. The SMILES string of the molecule is O=C(NCCc1cccnc1)c1cc(-c2ccncc2)nc2ccccc12. The third kappa shape index (κ3) is 3.82. The van der Waals surface area contributed by atoms with Gasteiger partial charge in [0.1, 0.15) is 0 Å². The van der Waals surface area contributed by atoms with E-state index < -0.39 is 0 Å². The van der Waals surface area contributed by atoms with Crippen LogP contribution >= 0.6 is 0 Å². The number of amides is 1. The van der Waals surface area contributed by atoms with Crippen LogP contribution in [-0.2, 0) is 6.42 Å². The predicted octanol–water partition coefficient (Wildman–Crippen LogP) is 3.66. The molecule has 0 aliphatic rings. The normalized spacial score (nSPS) is 10.7. The molecule has 0 unspecified atom stereocenters. The minimum absolute atomic E-state index is 0.104. The highest BCUT2D eigenvalue weighted by Crippen LogP contribution is 2.24. The molecule has 1 amide bonds. The van der Waals surface area contributed by atoms with Crippen LogP contribution in [0.1, 0.15) is 15.9 Å². The lowest BCUT2D eigenvalue weighted by Crippen LogP contribution is -2.26. The minimum atomic E-state index is -0.104. The van der Waals surface area contributed by atoms with Crippen molar-refractivity contribution >= 4 is 16.8 Å². The largest absolute Gasteiger partial charge is 0.352 e. The van der Waals surface area contributed by atoms with Gasteiger partial charge < -0.3 is 5.32 Å². The third-order valence-electron chi connectivity index (χ3n) is 4.36. The summed E-state index contributed by atoms with van der Waals surface area (Å²) in [4.78, 5) is 25.7. The molecule has 0 spiro atoms. The molecule has 1 N–H and O–H groups in total. The summed E-state index contributed by atoms with van der Waals surface area (Å²) in [5.74, 6) is -0.104. The van der Waals surface area contributed by atoms with Crippen LogP contribution in [0.4, 0.5) is 0 Å². The van der Waals surface area contributed by atoms with E-state index in [0.717, 1.165) is 34.1 Å². The Labute approximate surface area is 157 Å². The van der Waals surface area contributed by atoms with Crippen molar-refractivity contribution in [2.45, 2.75) is 6.42 Å². The summed E-state index contributed by atoms with van der Waals surface area (Å²) in [6, 6.07) is 17.2. The molecule has 3 aromatic heterocycles. The van der Waals surface area contributed by atoms with Crippen LogP contribution in [-0.4, -0.2) is 27.4 Å². The second-order valence-corrected chi connectivity index (χ2v) is 6.18. The van der Waals surface area contributed by atoms with Crippen molar-refractivity contribution in [2.24, 2.45) is 0 Å². The number of hydrogen-bond donors (Lipinski definition) is 1. The van der Waals surface area contributed by atoms with E-state index in [4.69, 9.17) is 4.98 Å². The Balaban J connectivity index is 1.62. The molecule has 5 heteroatoms. The molecular formula is C22H18N4O. The van der Waals surface area contributed by atoms with E-state index in [1.165, 1.54) is 0 Å². The number of nitrogens with one attached hydrogen (secondary N) is 1. The average Bonchev–Trinajstić information content (AvgIpc) is 2.74. The van der Waals surface area contributed by atoms with Gasteiger partial charge in [-0.15, -0.1) is 0 Å². The fraction of sp³-hybridized carbons (Fsp3) is 0.0909. The first-order valence-electron chi connectivity index (χ1n) is 8.78. The summed E-state index contributed by atoms with van der Waals surface area (Å²) in [5.41, 5.74) is 4.20. The van der Waals surface area contributed by atoms with Crippen molar-refractivity contribution in [1.29, 1.82) is 0 Å². The Morgan fingerprint density at radius 3 is 2.59 bits per heavy atom. The molecule has 0 saturated heterocycles. The van der Waals surface area contributed by atoms with E-state index in [9.17, 15) is 4.79 Å². The van der Waals surface area contributed by atoms with Crippen LogP contribution < -0.4 is 5.32 Å². The highest BCUT2D eigenvalue weighted by Gasteiger charge is 2.13. The van der Waals surface area contributed by atoms with E-state index in [0.29, 0.717) is 12.1 Å². The Morgan fingerprint density at radius 2 is 1.78 bits per heavy atom. The third-order valence-corrected chi connectivity index (χ3v) is 4.36. The van der Waals surface area contributed by atoms with Gasteiger partial charge in [-0.2, -0.15) is 0 Å². The lowest BCUT2D eigenvalue weighted by Gasteiger charge is -2.10. The van der Waals surface area contributed by atoms with Gasteiger partial charge in [0.15, 0.2) is 0 Å². The molecular weight excluding hydrogens is 336 g/mol. The molecule has 0 bridgehead atoms. The Hall–Kier alpha value is -3.60. The molecule has 27 heavy (non-hydrogen) atoms. The summed E-state index contributed by atoms with van der Waals surface area (Å²) >= 11 is 0. The van der Waals surface area contributed by atoms with Crippen molar-refractivity contribution in [3.05, 3.63) is 90.5 Å². The van der Waals surface area contributed by atoms with Crippen molar-refractivity contribution in [1.82, 2.24) is 20.3 Å². The summed E-state index contributed by atoms with van der Waals surface area (Å²) in [6.45, 7) is 0.547. The van der Waals surface area contributed by atoms with Crippen LogP contribution in [0.2, 0.25) is 0 Å². The van der Waals surface area contributed by atoms with Crippen LogP contribution in [0.3, 0.4) is 0 Å². The Bertz CT molecular complexity index is 1070. The second-order valence-electron chi connectivity index (χ2n) is 6.18. The van der Waals surface area contributed by atoms with Gasteiger partial charge in [-0.25, -0.2) is 4.98 Å². The topological polar surface area (TPSA) is 67.8 Å². The van der Waals surface area contributed by atoms with Crippen LogP contribution in [0.5, 0.6) is 0 Å². The van der Waals surface area contributed by atoms with Gasteiger partial charge in [0.05, 0.1) is 16.8 Å². The lowest BCUT2D eigenvalue weighted by atomic mass is 10.0. The molecule has 0 aliphatic carbocycles. The fourth-order valence-corrected chi connectivity index (χ4v) is 3.00. The Morgan fingerprint density at radius 1 is 0.926 bits per heavy atom. The van der Waals surface area contributed by atoms with E-state index >= 15 is 0 Å². The summed E-state index contributed by atoms with van der Waals surface area (Å²) in [7, 11) is 0. The molecule has 132 valence electrons. The van der Waals surface area contributed by atoms with Crippen LogP contribution in [0, 0.1) is 0 Å². The van der Waals surface area contributed by atoms with Gasteiger partial charge in [0, 0.05) is 42.3 Å². The Kier molecular flexibility index (Phi) is 4.83. The molecule has 0 saturated carbocycles. The molecule has 0 fully saturated rings. The number of aromatic nitrogens is 3. The summed E-state index contributed by atoms with van der Waals surface area (Å²) in [5, 5.41) is 3.85. The van der Waals surface area contributed by atoms with Crippen molar-refractivity contribution in [2.75, 3.05) is 6.54 Å². The number of carbonyl (C=O) groups excluding carboxylic acids is 1. The number of carbonyl (C=O) groups is 1. The molecule has 0 aliphatic heterocycles. The highest BCUT2D eigenvalue weighted by molar-refractivity contribution is 6.07. The number of hydrogen-bond acceptors (Lipinski definition) is 4. The summed E-state index contributed by atoms with van der Waals surface area (Å²) < 4.78 is 0. The first-order valence-corrected chi connectivity index (χ1v) is 8.78. The monoisotopic (exact) mass is 354 g/mol. The smallest absolute Gasteiger partial charge is 0.252 e. The molecule has 0 radical (unpaired) electrons. The van der Waals surface area contributed by atoms with E-state index in [2.05, 4.69) is 15.3 Å². The van der Waals surface area contributed by atoms with E-state index in [-0.39, 0.29) is 5.91 Å². The predicted molar refractivity (Wildman–Crippen MR) is 105 cm³/mol. The lowest BCUT2D eigenvalue weighted by molar-refractivity contribution is 0.0955. The van der Waals surface area contributed by atoms with Gasteiger partial charge >= 0.3 is 0 Å². The molecule has 1 aromatic carbocycles. The fourth-order valence-electron chi connectivity index (χ4n) is 3.00. The van der Waals surface area contributed by atoms with Gasteiger partial charge in [-0.05, 0) is 42.3 Å². The molecule has 5 nitrogen and oxygen atoms in total. The highest BCUT2D eigenvalue weighted by atomic mass is 16.1. The van der Waals surface area contributed by atoms with Gasteiger partial charge in [-0.3, -0.25) is 14.8 Å². The quantitative estimate of drug-likeness (QED) is 0.594. The first kappa shape index (κ1) is 16.8. The maximum absolute atomic E-state index is 12.9. The molecule has 0 atom stereocenters. The van der Waals surface area contributed by atoms with E-state index in [1.54, 1.807) is 18.6 Å². The van der Waals surface area contributed by atoms with Crippen molar-refractivity contribution < 1.29 is 4.79 Å². The van der Waals surface area contributed by atoms with Gasteiger partial charge in [0.2, 0.25) is 0 Å². The number of para-hydroxylation sites is 1. The number of benzene rings is 1. The zero-order chi connectivity index (χ0) is 18.5. The summed E-state index contributed by atoms with van der Waals surface area (Å²) in [6.07, 6.45) is 7.74. The molecule has 4 rings (SSSR count). The number of rotatable bonds is 5. The van der Waals surface area contributed by atoms with Gasteiger partial charge in [-0.1, -0.05) is 24.3 Å². The van der Waals surface area contributed by atoms with Crippen LogP contribution in [0.15, 0.2) is 79.4 Å². The second kappa shape index (κ2) is 7.74. The average molecular weight is 354 g/mol. The number of pyridine rings is 3. The van der Waals surface area contributed by atoms with Crippen LogP contribution in [0.25, 0.3) is 22.2 Å². The maximum atomic E-state index is 12.9. The number of nitrogens with zero attached hydrogens (tertiary/aromatic N) is 3. The van der Waals surface area contributed by atoms with Gasteiger partial charge in [0.25, 0.3) is 5.91 Å². The maximum Gasteiger partial charge on any atom is 0.252 e. The zero-order valence-electron chi connectivity index (χ0n) is 14.7.